The summed E-state index contributed by atoms with van der Waals surface area (Å²) in [6, 6.07) is 53.7. The predicted octanol–water partition coefficient (Wildman–Crippen LogP) is 15.1. The van der Waals surface area contributed by atoms with Gasteiger partial charge in [-0.3, -0.25) is 9.55 Å². The van der Waals surface area contributed by atoms with Crippen LogP contribution in [0.4, 0.5) is 0 Å². The van der Waals surface area contributed by atoms with Gasteiger partial charge in [-0.2, -0.15) is 0 Å². The predicted molar refractivity (Wildman–Crippen MR) is 259 cm³/mol. The van der Waals surface area contributed by atoms with Crippen LogP contribution in [-0.4, -0.2) is 19.6 Å². The Kier molecular flexibility index (Phi) is 9.80. The molecule has 7 aromatic carbocycles. The fourth-order valence-electron chi connectivity index (χ4n) is 8.12. The van der Waals surface area contributed by atoms with Crippen molar-refractivity contribution in [1.29, 1.82) is 0 Å². The van der Waals surface area contributed by atoms with E-state index in [0.29, 0.717) is 39.4 Å². The third kappa shape index (κ3) is 8.58. The average molecular weight is 1010 g/mol. The number of hydrogen-bond donors (Lipinski definition) is 1. The van der Waals surface area contributed by atoms with Crippen molar-refractivity contribution in [2.75, 3.05) is 0 Å². The van der Waals surface area contributed by atoms with Crippen molar-refractivity contribution in [2.24, 2.45) is 0 Å². The molecule has 63 heavy (non-hydrogen) atoms. The van der Waals surface area contributed by atoms with E-state index < -0.39 is 13.7 Å². The average Bonchev–Trinajstić information content (AvgIpc) is 3.70. The summed E-state index contributed by atoms with van der Waals surface area (Å²) < 4.78 is 52.0. The van der Waals surface area contributed by atoms with Crippen LogP contribution in [0, 0.1) is 19.8 Å². The normalized spacial score (nSPS) is 13.6. The van der Waals surface area contributed by atoms with E-state index in [1.165, 1.54) is 0 Å². The van der Waals surface area contributed by atoms with E-state index in [1.54, 1.807) is 36.5 Å². The smallest absolute Gasteiger partial charge is 0.148 e. The molecule has 0 bridgehead atoms. The van der Waals surface area contributed by atoms with Gasteiger partial charge in [0.1, 0.15) is 11.6 Å². The first-order chi connectivity index (χ1) is 32.1. The molecule has 9 rings (SSSR count). The van der Waals surface area contributed by atoms with Crippen LogP contribution in [0.5, 0.6) is 5.75 Å². The number of imidazole rings is 1. The number of nitrogens with zero attached hydrogens (tertiary/aromatic N) is 3. The van der Waals surface area contributed by atoms with Gasteiger partial charge in [-0.05, 0) is 99.9 Å². The van der Waals surface area contributed by atoms with Crippen LogP contribution in [0.25, 0.3) is 83.9 Å². The number of aromatic hydroxyl groups is 1. The van der Waals surface area contributed by atoms with Gasteiger partial charge < -0.3 is 5.11 Å². The van der Waals surface area contributed by atoms with E-state index in [1.807, 2.05) is 95.6 Å². The second-order valence-corrected chi connectivity index (χ2v) is 18.0. The number of aromatic nitrogens is 3. The van der Waals surface area contributed by atoms with Gasteiger partial charge in [-0.25, -0.2) is 4.98 Å². The molecule has 0 unspecified atom stereocenters. The van der Waals surface area contributed by atoms with Crippen molar-refractivity contribution in [3.63, 3.8) is 0 Å². The van der Waals surface area contributed by atoms with Crippen molar-refractivity contribution in [3.05, 3.63) is 192 Å². The van der Waals surface area contributed by atoms with Gasteiger partial charge in [0.2, 0.25) is 0 Å². The number of benzene rings is 7. The van der Waals surface area contributed by atoms with Crippen molar-refractivity contribution < 1.29 is 34.4 Å². The second-order valence-electron chi connectivity index (χ2n) is 18.0. The van der Waals surface area contributed by atoms with Crippen LogP contribution >= 0.6 is 0 Å². The molecule has 0 saturated heterocycles. The zero-order valence-electron chi connectivity index (χ0n) is 42.2. The summed E-state index contributed by atoms with van der Waals surface area (Å²) in [6.07, 6.45) is 1.76. The van der Waals surface area contributed by atoms with E-state index in [9.17, 15) is 5.11 Å². The SMILES string of the molecule is [2H]C([2H])([2H])c1ccc(-c2ccnc(-c3[c-]c(-c4cccc5c4nc(-c4ccccc4O)n5-c4cc(-c5ccccc5)c(C([2H])([2H])[2H])cc4-c4ccc(C(C)(C)C)cc4)cc(C(C)(C)C)c3)c2)cc1.[Pt]. The van der Waals surface area contributed by atoms with Crippen LogP contribution in [0.1, 0.15) is 72.0 Å². The standard InChI is InChI=1S/C58H52N3O.Pt/c1-37-21-23-39(24-22-37)42-29-30-59-51(35-42)44-32-43(33-46(34-44)58(6,7)8)47-18-14-19-52-55(47)60-56(48-17-12-13-20-54(48)62)61(52)53-36-49(40-15-10-9-11-16-40)38(2)31-50(53)41-25-27-45(28-26-41)57(3,4)5;/h9-31,33-36,62H,1-8H3;/q-1;/i1D3,2D3;. The second kappa shape index (κ2) is 17.1. The topological polar surface area (TPSA) is 50.9 Å². The van der Waals surface area contributed by atoms with Gasteiger partial charge in [0.05, 0.1) is 22.3 Å². The number of phenols is 1. The Bertz CT molecular complexity index is 3330. The summed E-state index contributed by atoms with van der Waals surface area (Å²) in [5, 5.41) is 11.6. The van der Waals surface area contributed by atoms with Gasteiger partial charge in [0.25, 0.3) is 0 Å². The summed E-state index contributed by atoms with van der Waals surface area (Å²) in [6.45, 7) is 8.36. The fraction of sp³-hybridized carbons (Fsp3) is 0.172. The van der Waals surface area contributed by atoms with E-state index in [-0.39, 0.29) is 48.8 Å². The molecule has 0 radical (unpaired) electrons. The van der Waals surface area contributed by atoms with Crippen LogP contribution < -0.4 is 0 Å². The zero-order chi connectivity index (χ0) is 48.3. The van der Waals surface area contributed by atoms with Gasteiger partial charge in [-0.1, -0.05) is 167 Å². The maximum Gasteiger partial charge on any atom is 0.148 e. The number of phenolic OH excluding ortho intramolecular Hbond substituents is 1. The van der Waals surface area contributed by atoms with Crippen molar-refractivity contribution >= 4 is 11.0 Å². The van der Waals surface area contributed by atoms with Crippen molar-refractivity contribution in [1.82, 2.24) is 14.5 Å². The molecule has 316 valence electrons. The zero-order valence-corrected chi connectivity index (χ0v) is 38.5. The Labute approximate surface area is 395 Å². The summed E-state index contributed by atoms with van der Waals surface area (Å²) in [5.41, 5.74) is 12.6. The van der Waals surface area contributed by atoms with E-state index in [4.69, 9.17) is 18.2 Å². The molecule has 0 aliphatic heterocycles. The fourth-order valence-corrected chi connectivity index (χ4v) is 8.12. The number of fused-ring (bicyclic) bond motifs is 1. The molecule has 0 saturated carbocycles. The molecule has 5 heteroatoms. The van der Waals surface area contributed by atoms with E-state index in [2.05, 4.69) is 84.0 Å². The summed E-state index contributed by atoms with van der Waals surface area (Å²) in [7, 11) is 0. The summed E-state index contributed by atoms with van der Waals surface area (Å²) in [4.78, 5) is 10.3. The van der Waals surface area contributed by atoms with Gasteiger partial charge in [0.15, 0.2) is 0 Å². The molecule has 2 aromatic heterocycles. The third-order valence-corrected chi connectivity index (χ3v) is 11.6. The van der Waals surface area contributed by atoms with E-state index in [0.717, 1.165) is 55.6 Å². The Morgan fingerprint density at radius 1 is 0.556 bits per heavy atom. The summed E-state index contributed by atoms with van der Waals surface area (Å²) >= 11 is 0. The van der Waals surface area contributed by atoms with Crippen LogP contribution in [0.2, 0.25) is 0 Å². The minimum Gasteiger partial charge on any atom is -0.507 e. The number of rotatable bonds is 7. The number of hydrogen-bond acceptors (Lipinski definition) is 3. The Morgan fingerprint density at radius 2 is 1.22 bits per heavy atom. The first kappa shape index (κ1) is 36.2. The minimum atomic E-state index is -2.45. The molecule has 0 aliphatic carbocycles. The van der Waals surface area contributed by atoms with Crippen molar-refractivity contribution in [3.8, 4) is 78.6 Å². The molecule has 4 nitrogen and oxygen atoms in total. The first-order valence-electron chi connectivity index (χ1n) is 24.0. The third-order valence-electron chi connectivity index (χ3n) is 11.6. The van der Waals surface area contributed by atoms with E-state index >= 15 is 0 Å². The Balaban J connectivity index is 0.00000642. The Morgan fingerprint density at radius 3 is 1.92 bits per heavy atom. The van der Waals surface area contributed by atoms with Gasteiger partial charge in [0, 0.05) is 46.7 Å². The maximum atomic E-state index is 11.6. The van der Waals surface area contributed by atoms with Crippen LogP contribution in [0.15, 0.2) is 164 Å². The maximum absolute atomic E-state index is 11.6. The summed E-state index contributed by atoms with van der Waals surface area (Å²) in [5.74, 6) is 0.525. The van der Waals surface area contributed by atoms with Crippen molar-refractivity contribution in [2.45, 2.75) is 66.1 Å². The van der Waals surface area contributed by atoms with Gasteiger partial charge >= 0.3 is 0 Å². The molecular formula is C58H52N3OPt-. The molecule has 0 aliphatic rings. The molecule has 0 amide bonds. The van der Waals surface area contributed by atoms with Crippen LogP contribution in [0.3, 0.4) is 0 Å². The molecule has 0 atom stereocenters. The molecule has 0 spiro atoms. The molecule has 2 heterocycles. The molecule has 9 aromatic rings. The van der Waals surface area contributed by atoms with Crippen LogP contribution in [-0.2, 0) is 31.9 Å². The minimum absolute atomic E-state index is 0. The quantitative estimate of drug-likeness (QED) is 0.162. The molecular weight excluding hydrogens is 950 g/mol. The first-order valence-corrected chi connectivity index (χ1v) is 21.0. The molecule has 1 N–H and O–H groups in total. The number of pyridine rings is 1. The molecule has 0 fully saturated rings. The Hall–Kier alpha value is -6.35. The largest absolute Gasteiger partial charge is 0.507 e. The monoisotopic (exact) mass is 1010 g/mol. The van der Waals surface area contributed by atoms with Gasteiger partial charge in [-0.15, -0.1) is 29.3 Å². The number of para-hydroxylation sites is 2. The number of aryl methyl sites for hydroxylation is 2.